The molecule has 0 aliphatic rings. The normalized spacial score (nSPS) is 10.8. The molecule has 0 unspecified atom stereocenters. The fourth-order valence-electron chi connectivity index (χ4n) is 1.72. The molecule has 0 saturated carbocycles. The van der Waals surface area contributed by atoms with Crippen molar-refractivity contribution >= 4 is 0 Å². The number of hydrogen-bond acceptors (Lipinski definition) is 3. The standard InChI is InChI=1S/C12H17N3O/c1-2-6-15-7-3-4-12(15)10-13-9-11-5-8-16-14-11/h3-5,7-8,13H,2,6,9-10H2,1H3. The highest BCUT2D eigenvalue weighted by Gasteiger charge is 2.00. The van der Waals surface area contributed by atoms with E-state index in [1.54, 1.807) is 6.26 Å². The quantitative estimate of drug-likeness (QED) is 0.809. The van der Waals surface area contributed by atoms with Gasteiger partial charge in [0.15, 0.2) is 0 Å². The van der Waals surface area contributed by atoms with Crippen LogP contribution < -0.4 is 5.32 Å². The third-order valence-electron chi connectivity index (χ3n) is 2.49. The Balaban J connectivity index is 1.82. The zero-order chi connectivity index (χ0) is 11.2. The summed E-state index contributed by atoms with van der Waals surface area (Å²) in [5.74, 6) is 0. The molecule has 2 heterocycles. The highest BCUT2D eigenvalue weighted by atomic mass is 16.5. The van der Waals surface area contributed by atoms with Gasteiger partial charge in [0.05, 0.1) is 5.69 Å². The van der Waals surface area contributed by atoms with Crippen molar-refractivity contribution in [2.24, 2.45) is 0 Å². The molecular formula is C12H17N3O. The molecule has 0 aliphatic heterocycles. The lowest BCUT2D eigenvalue weighted by Gasteiger charge is -2.08. The Morgan fingerprint density at radius 2 is 2.31 bits per heavy atom. The van der Waals surface area contributed by atoms with E-state index in [4.69, 9.17) is 4.52 Å². The van der Waals surface area contributed by atoms with Gasteiger partial charge in [-0.05, 0) is 18.6 Å². The Morgan fingerprint density at radius 1 is 1.38 bits per heavy atom. The number of aryl methyl sites for hydroxylation is 1. The lowest BCUT2D eigenvalue weighted by molar-refractivity contribution is 0.408. The molecule has 0 fully saturated rings. The first-order valence-electron chi connectivity index (χ1n) is 5.64. The van der Waals surface area contributed by atoms with Gasteiger partial charge in [0.25, 0.3) is 0 Å². The second-order valence-corrected chi connectivity index (χ2v) is 3.79. The first-order chi connectivity index (χ1) is 7.90. The van der Waals surface area contributed by atoms with Gasteiger partial charge in [-0.15, -0.1) is 0 Å². The molecule has 0 aliphatic carbocycles. The van der Waals surface area contributed by atoms with Gasteiger partial charge < -0.3 is 14.4 Å². The molecule has 2 aromatic heterocycles. The van der Waals surface area contributed by atoms with Crippen LogP contribution in [0.2, 0.25) is 0 Å². The number of rotatable bonds is 6. The van der Waals surface area contributed by atoms with Crippen molar-refractivity contribution < 1.29 is 4.52 Å². The molecule has 86 valence electrons. The predicted molar refractivity (Wildman–Crippen MR) is 61.8 cm³/mol. The van der Waals surface area contributed by atoms with E-state index in [1.807, 2.05) is 6.07 Å². The van der Waals surface area contributed by atoms with Gasteiger partial charge in [-0.25, -0.2) is 0 Å². The first kappa shape index (κ1) is 11.0. The van der Waals surface area contributed by atoms with Crippen LogP contribution in [-0.4, -0.2) is 9.72 Å². The van der Waals surface area contributed by atoms with E-state index in [9.17, 15) is 0 Å². The van der Waals surface area contributed by atoms with E-state index in [0.717, 1.165) is 31.7 Å². The van der Waals surface area contributed by atoms with Gasteiger partial charge in [0, 0.05) is 37.6 Å². The molecule has 0 amide bonds. The number of nitrogens with zero attached hydrogens (tertiary/aromatic N) is 2. The van der Waals surface area contributed by atoms with E-state index >= 15 is 0 Å². The van der Waals surface area contributed by atoms with Gasteiger partial charge in [0.1, 0.15) is 6.26 Å². The Kier molecular flexibility index (Phi) is 3.77. The summed E-state index contributed by atoms with van der Waals surface area (Å²) in [6.07, 6.45) is 4.87. The van der Waals surface area contributed by atoms with Crippen molar-refractivity contribution in [2.75, 3.05) is 0 Å². The van der Waals surface area contributed by atoms with E-state index < -0.39 is 0 Å². The summed E-state index contributed by atoms with van der Waals surface area (Å²) >= 11 is 0. The van der Waals surface area contributed by atoms with Crippen molar-refractivity contribution in [2.45, 2.75) is 33.0 Å². The largest absolute Gasteiger partial charge is 0.364 e. The molecule has 1 N–H and O–H groups in total. The third-order valence-corrected chi connectivity index (χ3v) is 2.49. The van der Waals surface area contributed by atoms with Crippen LogP contribution in [0.15, 0.2) is 35.2 Å². The maximum atomic E-state index is 4.77. The number of nitrogens with one attached hydrogen (secondary N) is 1. The lowest BCUT2D eigenvalue weighted by atomic mass is 10.3. The fourth-order valence-corrected chi connectivity index (χ4v) is 1.72. The Bertz CT molecular complexity index is 406. The van der Waals surface area contributed by atoms with Crippen LogP contribution >= 0.6 is 0 Å². The maximum Gasteiger partial charge on any atom is 0.124 e. The molecule has 0 radical (unpaired) electrons. The molecular weight excluding hydrogens is 202 g/mol. The molecule has 16 heavy (non-hydrogen) atoms. The van der Waals surface area contributed by atoms with Gasteiger partial charge in [-0.3, -0.25) is 0 Å². The molecule has 0 bridgehead atoms. The SMILES string of the molecule is CCCn1cccc1CNCc1ccon1. The average Bonchev–Trinajstić information content (AvgIpc) is 2.91. The lowest BCUT2D eigenvalue weighted by Crippen LogP contribution is -2.15. The van der Waals surface area contributed by atoms with Gasteiger partial charge >= 0.3 is 0 Å². The summed E-state index contributed by atoms with van der Waals surface area (Å²) in [5.41, 5.74) is 2.25. The molecule has 2 aromatic rings. The van der Waals surface area contributed by atoms with Gasteiger partial charge in [0.2, 0.25) is 0 Å². The minimum atomic E-state index is 0.744. The van der Waals surface area contributed by atoms with Crippen LogP contribution in [0.3, 0.4) is 0 Å². The van der Waals surface area contributed by atoms with Crippen LogP contribution in [0.4, 0.5) is 0 Å². The summed E-state index contributed by atoms with van der Waals surface area (Å²) in [6, 6.07) is 6.10. The zero-order valence-electron chi connectivity index (χ0n) is 9.52. The summed E-state index contributed by atoms with van der Waals surface area (Å²) in [4.78, 5) is 0. The monoisotopic (exact) mass is 219 g/mol. The molecule has 0 saturated heterocycles. The second-order valence-electron chi connectivity index (χ2n) is 3.79. The second kappa shape index (κ2) is 5.51. The molecule has 2 rings (SSSR count). The van der Waals surface area contributed by atoms with Crippen LogP contribution in [0.5, 0.6) is 0 Å². The molecule has 0 aromatic carbocycles. The topological polar surface area (TPSA) is 43.0 Å². The number of hydrogen-bond donors (Lipinski definition) is 1. The molecule has 0 spiro atoms. The third kappa shape index (κ3) is 2.73. The first-order valence-corrected chi connectivity index (χ1v) is 5.64. The average molecular weight is 219 g/mol. The Morgan fingerprint density at radius 3 is 3.06 bits per heavy atom. The van der Waals surface area contributed by atoms with Crippen LogP contribution in [-0.2, 0) is 19.6 Å². The predicted octanol–water partition coefficient (Wildman–Crippen LogP) is 2.18. The smallest absolute Gasteiger partial charge is 0.124 e. The number of aromatic nitrogens is 2. The fraction of sp³-hybridized carbons (Fsp3) is 0.417. The highest BCUT2D eigenvalue weighted by molar-refractivity contribution is 5.07. The molecule has 0 atom stereocenters. The summed E-state index contributed by atoms with van der Waals surface area (Å²) < 4.78 is 7.04. The minimum Gasteiger partial charge on any atom is -0.364 e. The maximum absolute atomic E-state index is 4.77. The van der Waals surface area contributed by atoms with E-state index in [0.29, 0.717) is 0 Å². The zero-order valence-corrected chi connectivity index (χ0v) is 9.52. The highest BCUT2D eigenvalue weighted by Crippen LogP contribution is 2.03. The van der Waals surface area contributed by atoms with Gasteiger partial charge in [-0.1, -0.05) is 12.1 Å². The van der Waals surface area contributed by atoms with Crippen LogP contribution in [0, 0.1) is 0 Å². The molecule has 4 heteroatoms. The summed E-state index contributed by atoms with van der Waals surface area (Å²) in [5, 5.41) is 7.20. The van der Waals surface area contributed by atoms with Crippen LogP contribution in [0.1, 0.15) is 24.7 Å². The van der Waals surface area contributed by atoms with Gasteiger partial charge in [-0.2, -0.15) is 0 Å². The Labute approximate surface area is 95.2 Å². The molecule has 4 nitrogen and oxygen atoms in total. The van der Waals surface area contributed by atoms with Crippen molar-refractivity contribution in [3.63, 3.8) is 0 Å². The van der Waals surface area contributed by atoms with Crippen molar-refractivity contribution in [3.05, 3.63) is 42.0 Å². The Hall–Kier alpha value is -1.55. The summed E-state index contributed by atoms with van der Waals surface area (Å²) in [6.45, 7) is 4.87. The van der Waals surface area contributed by atoms with Crippen LogP contribution in [0.25, 0.3) is 0 Å². The van der Waals surface area contributed by atoms with E-state index in [-0.39, 0.29) is 0 Å². The van der Waals surface area contributed by atoms with Crippen molar-refractivity contribution in [1.29, 1.82) is 0 Å². The van der Waals surface area contributed by atoms with Crippen molar-refractivity contribution in [3.8, 4) is 0 Å². The van der Waals surface area contributed by atoms with E-state index in [2.05, 4.69) is 40.3 Å². The van der Waals surface area contributed by atoms with Crippen molar-refractivity contribution in [1.82, 2.24) is 15.0 Å². The van der Waals surface area contributed by atoms with E-state index in [1.165, 1.54) is 5.69 Å². The summed E-state index contributed by atoms with van der Waals surface area (Å²) in [7, 11) is 0. The minimum absolute atomic E-state index is 0.744.